The van der Waals surface area contributed by atoms with Gasteiger partial charge in [0.15, 0.2) is 17.3 Å². The van der Waals surface area contributed by atoms with Crippen LogP contribution in [0.1, 0.15) is 10.4 Å². The molecule has 29 heavy (non-hydrogen) atoms. The first kappa shape index (κ1) is 19.1. The summed E-state index contributed by atoms with van der Waals surface area (Å²) >= 11 is 1.67. The van der Waals surface area contributed by atoms with Gasteiger partial charge in [0.25, 0.3) is 0 Å². The molecule has 6 nitrogen and oxygen atoms in total. The van der Waals surface area contributed by atoms with Crippen LogP contribution in [0.25, 0.3) is 21.6 Å². The Bertz CT molecular complexity index is 1130. The van der Waals surface area contributed by atoms with Gasteiger partial charge in [0.1, 0.15) is 10.6 Å². The molecule has 0 saturated carbocycles. The second kappa shape index (κ2) is 8.45. The smallest absolute Gasteiger partial charge is 0.164 e. The highest BCUT2D eigenvalue weighted by Crippen LogP contribution is 2.31. The number of ether oxygens (including phenoxy) is 2. The van der Waals surface area contributed by atoms with E-state index in [4.69, 9.17) is 19.4 Å². The summed E-state index contributed by atoms with van der Waals surface area (Å²) < 4.78 is 10.7. The Labute approximate surface area is 173 Å². The second-order valence-corrected chi connectivity index (χ2v) is 7.81. The summed E-state index contributed by atoms with van der Waals surface area (Å²) in [6, 6.07) is 12.0. The second-order valence-electron chi connectivity index (χ2n) is 6.58. The fourth-order valence-electron chi connectivity index (χ4n) is 3.16. The lowest BCUT2D eigenvalue weighted by Crippen LogP contribution is -2.08. The third kappa shape index (κ3) is 4.14. The van der Waals surface area contributed by atoms with Crippen molar-refractivity contribution in [3.05, 3.63) is 59.2 Å². The lowest BCUT2D eigenvalue weighted by atomic mass is 10.1. The minimum Gasteiger partial charge on any atom is -0.493 e. The molecule has 0 amide bonds. The van der Waals surface area contributed by atoms with Crippen molar-refractivity contribution < 1.29 is 9.47 Å². The molecule has 148 valence electrons. The van der Waals surface area contributed by atoms with Gasteiger partial charge in [0.2, 0.25) is 0 Å². The maximum atomic E-state index is 5.40. The van der Waals surface area contributed by atoms with Gasteiger partial charge in [-0.05, 0) is 49.2 Å². The number of nitrogens with one attached hydrogen (secondary N) is 1. The lowest BCUT2D eigenvalue weighted by Gasteiger charge is -2.11. The fraction of sp³-hybridized carbons (Fsp3) is 0.227. The Balaban J connectivity index is 1.57. The quantitative estimate of drug-likeness (QED) is 0.478. The van der Waals surface area contributed by atoms with Crippen molar-refractivity contribution in [3.8, 4) is 22.9 Å². The highest BCUT2D eigenvalue weighted by atomic mass is 32.1. The van der Waals surface area contributed by atoms with Crippen LogP contribution in [-0.4, -0.2) is 35.7 Å². The van der Waals surface area contributed by atoms with Gasteiger partial charge in [0.05, 0.1) is 19.6 Å². The Kier molecular flexibility index (Phi) is 5.57. The van der Waals surface area contributed by atoms with Crippen molar-refractivity contribution >= 4 is 27.4 Å². The molecule has 0 atom stereocenters. The van der Waals surface area contributed by atoms with Crippen LogP contribution in [-0.2, 0) is 6.42 Å². The number of hydrogen-bond donors (Lipinski definition) is 1. The minimum absolute atomic E-state index is 0.682. The first-order valence-electron chi connectivity index (χ1n) is 9.31. The molecule has 4 aromatic rings. The number of aromatic nitrogens is 3. The summed E-state index contributed by atoms with van der Waals surface area (Å²) in [5, 5.41) is 4.54. The van der Waals surface area contributed by atoms with Crippen LogP contribution in [0.5, 0.6) is 11.5 Å². The van der Waals surface area contributed by atoms with Gasteiger partial charge in [-0.2, -0.15) is 0 Å². The highest BCUT2D eigenvalue weighted by molar-refractivity contribution is 7.18. The van der Waals surface area contributed by atoms with Crippen LogP contribution >= 0.6 is 11.3 Å². The van der Waals surface area contributed by atoms with Crippen LogP contribution in [0.15, 0.2) is 48.8 Å². The van der Waals surface area contributed by atoms with Crippen molar-refractivity contribution in [1.29, 1.82) is 0 Å². The zero-order valence-corrected chi connectivity index (χ0v) is 17.4. The van der Waals surface area contributed by atoms with Gasteiger partial charge in [-0.3, -0.25) is 4.98 Å². The first-order chi connectivity index (χ1) is 14.2. The predicted octanol–water partition coefficient (Wildman–Crippen LogP) is 4.73. The van der Waals surface area contributed by atoms with E-state index in [-0.39, 0.29) is 0 Å². The van der Waals surface area contributed by atoms with Gasteiger partial charge in [-0.15, -0.1) is 11.3 Å². The first-order valence-corrected chi connectivity index (χ1v) is 10.1. The number of anilines is 1. The molecule has 0 radical (unpaired) electrons. The molecule has 0 aliphatic carbocycles. The average molecular weight is 407 g/mol. The summed E-state index contributed by atoms with van der Waals surface area (Å²) in [4.78, 5) is 15.9. The SMILES string of the molecule is COc1ccc(CCNc2nc(-c3cccnc3)nc3sc(C)cc23)cc1OC. The van der Waals surface area contributed by atoms with Crippen molar-refractivity contribution in [2.75, 3.05) is 26.1 Å². The minimum atomic E-state index is 0.682. The third-order valence-electron chi connectivity index (χ3n) is 4.59. The van der Waals surface area contributed by atoms with Gasteiger partial charge in [-0.1, -0.05) is 6.07 Å². The Morgan fingerprint density at radius 3 is 2.66 bits per heavy atom. The molecule has 0 bridgehead atoms. The van der Waals surface area contributed by atoms with Crippen LogP contribution < -0.4 is 14.8 Å². The monoisotopic (exact) mass is 406 g/mol. The summed E-state index contributed by atoms with van der Waals surface area (Å²) in [7, 11) is 3.29. The molecule has 3 heterocycles. The summed E-state index contributed by atoms with van der Waals surface area (Å²) in [6.07, 6.45) is 4.37. The topological polar surface area (TPSA) is 69.2 Å². The van der Waals surface area contributed by atoms with Crippen LogP contribution in [0.2, 0.25) is 0 Å². The van der Waals surface area contributed by atoms with Gasteiger partial charge in [-0.25, -0.2) is 9.97 Å². The maximum Gasteiger partial charge on any atom is 0.164 e. The third-order valence-corrected chi connectivity index (χ3v) is 5.53. The molecule has 1 N–H and O–H groups in total. The molecule has 4 rings (SSSR count). The number of nitrogens with zero attached hydrogens (tertiary/aromatic N) is 3. The molecular formula is C22H22N4O2S. The molecule has 0 unspecified atom stereocenters. The summed E-state index contributed by atoms with van der Waals surface area (Å²) in [5.41, 5.74) is 2.07. The number of aryl methyl sites for hydroxylation is 1. The number of pyridine rings is 1. The standard InChI is InChI=1S/C22H22N4O2S/c1-14-11-17-21(24-10-8-15-6-7-18(27-2)19(12-15)28-3)25-20(26-22(17)29-14)16-5-4-9-23-13-16/h4-7,9,11-13H,8,10H2,1-3H3,(H,24,25,26). The van der Waals surface area contributed by atoms with E-state index in [0.717, 1.165) is 51.6 Å². The molecule has 0 aliphatic rings. The molecule has 7 heteroatoms. The normalized spacial score (nSPS) is 10.9. The van der Waals surface area contributed by atoms with E-state index in [1.165, 1.54) is 4.88 Å². The molecule has 0 spiro atoms. The van der Waals surface area contributed by atoms with E-state index < -0.39 is 0 Å². The van der Waals surface area contributed by atoms with E-state index in [0.29, 0.717) is 5.82 Å². The van der Waals surface area contributed by atoms with E-state index in [9.17, 15) is 0 Å². The average Bonchev–Trinajstić information content (AvgIpc) is 3.14. The highest BCUT2D eigenvalue weighted by Gasteiger charge is 2.12. The summed E-state index contributed by atoms with van der Waals surface area (Å²) in [5.74, 6) is 3.00. The number of methoxy groups -OCH3 is 2. The largest absolute Gasteiger partial charge is 0.493 e. The number of rotatable bonds is 7. The Morgan fingerprint density at radius 2 is 1.90 bits per heavy atom. The van der Waals surface area contributed by atoms with Crippen LogP contribution in [0.3, 0.4) is 0 Å². The zero-order chi connectivity index (χ0) is 20.2. The number of benzene rings is 1. The van der Waals surface area contributed by atoms with Crippen molar-refractivity contribution in [1.82, 2.24) is 15.0 Å². The van der Waals surface area contributed by atoms with Crippen LogP contribution in [0, 0.1) is 6.92 Å². The molecule has 0 saturated heterocycles. The van der Waals surface area contributed by atoms with Crippen molar-refractivity contribution in [2.24, 2.45) is 0 Å². The van der Waals surface area contributed by atoms with E-state index in [1.807, 2.05) is 24.3 Å². The molecular weight excluding hydrogens is 384 g/mol. The fourth-order valence-corrected chi connectivity index (χ4v) is 4.04. The van der Waals surface area contributed by atoms with Gasteiger partial charge in [0, 0.05) is 29.4 Å². The maximum absolute atomic E-state index is 5.40. The van der Waals surface area contributed by atoms with Gasteiger partial charge < -0.3 is 14.8 Å². The van der Waals surface area contributed by atoms with E-state index in [1.54, 1.807) is 38.0 Å². The molecule has 1 aromatic carbocycles. The zero-order valence-electron chi connectivity index (χ0n) is 16.6. The van der Waals surface area contributed by atoms with E-state index >= 15 is 0 Å². The molecule has 0 fully saturated rings. The summed E-state index contributed by atoms with van der Waals surface area (Å²) in [6.45, 7) is 2.83. The van der Waals surface area contributed by atoms with Crippen molar-refractivity contribution in [3.63, 3.8) is 0 Å². The Hall–Kier alpha value is -3.19. The van der Waals surface area contributed by atoms with Crippen molar-refractivity contribution in [2.45, 2.75) is 13.3 Å². The Morgan fingerprint density at radius 1 is 1.03 bits per heavy atom. The predicted molar refractivity (Wildman–Crippen MR) is 117 cm³/mol. The molecule has 0 aliphatic heterocycles. The van der Waals surface area contributed by atoms with Gasteiger partial charge >= 0.3 is 0 Å². The lowest BCUT2D eigenvalue weighted by molar-refractivity contribution is 0.354. The molecule has 3 aromatic heterocycles. The van der Waals surface area contributed by atoms with E-state index in [2.05, 4.69) is 29.4 Å². The number of fused-ring (bicyclic) bond motifs is 1. The number of thiophene rings is 1. The number of hydrogen-bond acceptors (Lipinski definition) is 7. The van der Waals surface area contributed by atoms with Crippen LogP contribution in [0.4, 0.5) is 5.82 Å².